The predicted molar refractivity (Wildman–Crippen MR) is 37.5 cm³/mol. The van der Waals surface area contributed by atoms with Crippen molar-refractivity contribution in [3.05, 3.63) is 0 Å². The zero-order chi connectivity index (χ0) is 9.07. The molecular formula is C6H13NO4. The summed E-state index contributed by atoms with van der Waals surface area (Å²) in [6.07, 6.45) is -2.63. The Kier molecular flexibility index (Phi) is 3.61. The summed E-state index contributed by atoms with van der Waals surface area (Å²) in [6, 6.07) is 0. The Morgan fingerprint density at radius 3 is 2.36 bits per heavy atom. The molecule has 0 unspecified atom stereocenters. The van der Waals surface area contributed by atoms with Crippen LogP contribution in [0.1, 0.15) is 13.3 Å². The number of aliphatic hydroxyl groups excluding tert-OH is 2. The number of aliphatic hydroxyl groups is 3. The quantitative estimate of drug-likeness (QED) is 0.282. The van der Waals surface area contributed by atoms with Crippen LogP contribution in [0.2, 0.25) is 0 Å². The van der Waals surface area contributed by atoms with Gasteiger partial charge in [0.25, 0.3) is 0 Å². The third kappa shape index (κ3) is 3.43. The smallest absolute Gasteiger partial charge is 0.152 e. The summed E-state index contributed by atoms with van der Waals surface area (Å²) >= 11 is 0. The van der Waals surface area contributed by atoms with Gasteiger partial charge in [-0.05, 0) is 6.92 Å². The van der Waals surface area contributed by atoms with E-state index in [9.17, 15) is 4.79 Å². The highest BCUT2D eigenvalue weighted by Crippen LogP contribution is 2.09. The van der Waals surface area contributed by atoms with Gasteiger partial charge in [-0.3, -0.25) is 0 Å². The molecule has 0 rings (SSSR count). The van der Waals surface area contributed by atoms with Gasteiger partial charge in [-0.2, -0.15) is 0 Å². The summed E-state index contributed by atoms with van der Waals surface area (Å²) in [6.45, 7) is 1.40. The third-order valence-electron chi connectivity index (χ3n) is 1.26. The minimum absolute atomic E-state index is 0.127. The van der Waals surface area contributed by atoms with Crippen LogP contribution < -0.4 is 5.73 Å². The van der Waals surface area contributed by atoms with Crippen LogP contribution in [-0.4, -0.2) is 39.5 Å². The fourth-order valence-corrected chi connectivity index (χ4v) is 0.712. The Hall–Kier alpha value is -0.490. The number of nitrogens with two attached hydrogens (primary N) is 1. The van der Waals surface area contributed by atoms with Crippen molar-refractivity contribution in [2.45, 2.75) is 31.3 Å². The van der Waals surface area contributed by atoms with E-state index in [1.165, 1.54) is 6.92 Å². The van der Waals surface area contributed by atoms with E-state index in [2.05, 4.69) is 0 Å². The first-order valence-corrected chi connectivity index (χ1v) is 3.23. The van der Waals surface area contributed by atoms with Crippen molar-refractivity contribution in [2.75, 3.05) is 0 Å². The molecule has 11 heavy (non-hydrogen) atoms. The first-order valence-electron chi connectivity index (χ1n) is 3.23. The van der Waals surface area contributed by atoms with Gasteiger partial charge in [0.1, 0.15) is 5.72 Å². The van der Waals surface area contributed by atoms with E-state index in [1.807, 2.05) is 0 Å². The van der Waals surface area contributed by atoms with Crippen LogP contribution in [0, 0.1) is 0 Å². The van der Waals surface area contributed by atoms with Gasteiger partial charge in [-0.15, -0.1) is 0 Å². The van der Waals surface area contributed by atoms with Crippen molar-refractivity contribution in [3.63, 3.8) is 0 Å². The minimum Gasteiger partial charge on any atom is -0.393 e. The van der Waals surface area contributed by atoms with Crippen molar-refractivity contribution < 1.29 is 20.1 Å². The molecule has 0 saturated carbocycles. The summed E-state index contributed by atoms with van der Waals surface area (Å²) in [5, 5.41) is 26.6. The van der Waals surface area contributed by atoms with Crippen LogP contribution in [-0.2, 0) is 4.79 Å². The monoisotopic (exact) mass is 163 g/mol. The lowest BCUT2D eigenvalue weighted by atomic mass is 10.0. The van der Waals surface area contributed by atoms with Gasteiger partial charge in [0.2, 0.25) is 0 Å². The van der Waals surface area contributed by atoms with Gasteiger partial charge in [0, 0.05) is 6.42 Å². The molecule has 0 spiro atoms. The number of carbonyl (C=O) groups excluding carboxylic acids is 1. The molecule has 0 saturated heterocycles. The SMILES string of the molecule is C[C@@H](O)C[C@](N)(O)[C@@H](O)C=O. The third-order valence-corrected chi connectivity index (χ3v) is 1.26. The molecule has 66 valence electrons. The molecule has 5 heteroatoms. The molecule has 0 aliphatic carbocycles. The summed E-state index contributed by atoms with van der Waals surface area (Å²) in [5.41, 5.74) is 3.05. The van der Waals surface area contributed by atoms with Gasteiger partial charge < -0.3 is 25.8 Å². The van der Waals surface area contributed by atoms with Crippen molar-refractivity contribution in [1.29, 1.82) is 0 Å². The summed E-state index contributed by atoms with van der Waals surface area (Å²) < 4.78 is 0. The van der Waals surface area contributed by atoms with Crippen molar-refractivity contribution in [1.82, 2.24) is 0 Å². The van der Waals surface area contributed by atoms with Crippen molar-refractivity contribution in [2.24, 2.45) is 5.73 Å². The highest BCUT2D eigenvalue weighted by molar-refractivity contribution is 5.57. The Morgan fingerprint density at radius 2 is 2.09 bits per heavy atom. The lowest BCUT2D eigenvalue weighted by Crippen LogP contribution is -2.53. The summed E-state index contributed by atoms with van der Waals surface area (Å²) in [4.78, 5) is 9.96. The summed E-state index contributed by atoms with van der Waals surface area (Å²) in [7, 11) is 0. The van der Waals surface area contributed by atoms with Gasteiger partial charge in [-0.1, -0.05) is 0 Å². The van der Waals surface area contributed by atoms with Crippen LogP contribution in [0.25, 0.3) is 0 Å². The average molecular weight is 163 g/mol. The second kappa shape index (κ2) is 3.77. The summed E-state index contributed by atoms with van der Waals surface area (Å²) in [5.74, 6) is 0. The molecule has 5 N–H and O–H groups in total. The van der Waals surface area contributed by atoms with Crippen molar-refractivity contribution in [3.8, 4) is 0 Å². The standard InChI is InChI=1S/C6H13NO4/c1-4(9)2-6(7,11)5(10)3-8/h3-5,9-11H,2,7H2,1H3/t4-,5+,6+/m1/s1. The van der Waals surface area contributed by atoms with E-state index >= 15 is 0 Å². The molecule has 0 aromatic rings. The highest BCUT2D eigenvalue weighted by Gasteiger charge is 2.31. The Labute approximate surface area is 64.4 Å². The maximum atomic E-state index is 9.96. The van der Waals surface area contributed by atoms with Gasteiger partial charge in [0.05, 0.1) is 6.10 Å². The first kappa shape index (κ1) is 10.5. The van der Waals surface area contributed by atoms with E-state index in [0.717, 1.165) is 0 Å². The maximum absolute atomic E-state index is 9.96. The second-order valence-electron chi connectivity index (χ2n) is 2.63. The average Bonchev–Trinajstić information content (AvgIpc) is 1.83. The van der Waals surface area contributed by atoms with Gasteiger partial charge in [0.15, 0.2) is 12.4 Å². The van der Waals surface area contributed by atoms with Crippen LogP contribution in [0.4, 0.5) is 0 Å². The fourth-order valence-electron chi connectivity index (χ4n) is 0.712. The topological polar surface area (TPSA) is 104 Å². The molecule has 0 bridgehead atoms. The molecule has 3 atom stereocenters. The Balaban J connectivity index is 4.08. The Bertz CT molecular complexity index is 135. The first-order chi connectivity index (χ1) is 4.90. The molecule has 0 heterocycles. The molecule has 0 radical (unpaired) electrons. The van der Waals surface area contributed by atoms with E-state index in [0.29, 0.717) is 0 Å². The molecule has 0 aromatic heterocycles. The van der Waals surface area contributed by atoms with Crippen molar-refractivity contribution >= 4 is 6.29 Å². The highest BCUT2D eigenvalue weighted by atomic mass is 16.4. The zero-order valence-electron chi connectivity index (χ0n) is 6.27. The van der Waals surface area contributed by atoms with E-state index in [1.54, 1.807) is 0 Å². The largest absolute Gasteiger partial charge is 0.393 e. The molecule has 0 fully saturated rings. The molecule has 0 aliphatic rings. The number of carbonyl (C=O) groups is 1. The fraction of sp³-hybridized carbons (Fsp3) is 0.833. The molecule has 0 aromatic carbocycles. The lowest BCUT2D eigenvalue weighted by Gasteiger charge is -2.26. The van der Waals surface area contributed by atoms with Crippen LogP contribution in [0.3, 0.4) is 0 Å². The van der Waals surface area contributed by atoms with E-state index < -0.39 is 17.9 Å². The lowest BCUT2D eigenvalue weighted by molar-refractivity contribution is -0.134. The number of rotatable bonds is 4. The van der Waals surface area contributed by atoms with Gasteiger partial charge >= 0.3 is 0 Å². The molecule has 0 amide bonds. The zero-order valence-corrected chi connectivity index (χ0v) is 6.27. The predicted octanol–water partition coefficient (Wildman–Crippen LogP) is -2.04. The Morgan fingerprint density at radius 1 is 1.64 bits per heavy atom. The number of aldehydes is 1. The maximum Gasteiger partial charge on any atom is 0.152 e. The van der Waals surface area contributed by atoms with E-state index in [4.69, 9.17) is 21.1 Å². The normalized spacial score (nSPS) is 21.9. The van der Waals surface area contributed by atoms with Crippen LogP contribution in [0.15, 0.2) is 0 Å². The van der Waals surface area contributed by atoms with Crippen LogP contribution in [0.5, 0.6) is 0 Å². The van der Waals surface area contributed by atoms with E-state index in [-0.39, 0.29) is 12.7 Å². The second-order valence-corrected chi connectivity index (χ2v) is 2.63. The van der Waals surface area contributed by atoms with Gasteiger partial charge in [-0.25, -0.2) is 0 Å². The molecule has 0 aliphatic heterocycles. The number of hydrogen-bond donors (Lipinski definition) is 4. The minimum atomic E-state index is -2.03. The molecular weight excluding hydrogens is 150 g/mol. The number of hydrogen-bond acceptors (Lipinski definition) is 5. The van der Waals surface area contributed by atoms with Crippen LogP contribution >= 0.6 is 0 Å². The molecule has 5 nitrogen and oxygen atoms in total.